The molecule has 0 saturated heterocycles. The standard InChI is InChI=1S/C20H20N2O3/c1-2-25-18-11-5-10-17-15-8-4-9-16(15)19(21-20(17)18)13-6-3-7-14(12-13)22(23)24/h3-8,10-12,15-16,19,21H,2,9H2,1H3/t15-,16-,19-/m1/s1. The topological polar surface area (TPSA) is 64.4 Å². The predicted octanol–water partition coefficient (Wildman–Crippen LogP) is 4.82. The molecule has 1 N–H and O–H groups in total. The third-order valence-corrected chi connectivity index (χ3v) is 5.10. The van der Waals surface area contributed by atoms with E-state index in [1.54, 1.807) is 12.1 Å². The van der Waals surface area contributed by atoms with Crippen molar-refractivity contribution in [1.29, 1.82) is 0 Å². The SMILES string of the molecule is CCOc1cccc2c1N[C@H](c1cccc([N+](=O)[O-])c1)[C@@H]1CC=C[C@@H]21. The smallest absolute Gasteiger partial charge is 0.269 e. The number of hydrogen-bond donors (Lipinski definition) is 1. The van der Waals surface area contributed by atoms with Gasteiger partial charge in [-0.15, -0.1) is 0 Å². The van der Waals surface area contributed by atoms with Gasteiger partial charge in [-0.2, -0.15) is 0 Å². The van der Waals surface area contributed by atoms with Crippen LogP contribution in [0.1, 0.15) is 36.4 Å². The molecule has 0 spiro atoms. The fourth-order valence-electron chi connectivity index (χ4n) is 4.03. The maximum Gasteiger partial charge on any atom is 0.269 e. The molecule has 1 aliphatic carbocycles. The maximum atomic E-state index is 11.2. The molecule has 2 aromatic rings. The van der Waals surface area contributed by atoms with Crippen molar-refractivity contribution < 1.29 is 9.66 Å². The number of benzene rings is 2. The van der Waals surface area contributed by atoms with Gasteiger partial charge in [0.25, 0.3) is 5.69 Å². The number of nitro benzene ring substituents is 1. The first-order valence-electron chi connectivity index (χ1n) is 8.62. The molecule has 1 heterocycles. The van der Waals surface area contributed by atoms with E-state index in [2.05, 4.69) is 23.5 Å². The molecule has 2 aliphatic rings. The number of allylic oxidation sites excluding steroid dienone is 2. The number of rotatable bonds is 4. The van der Waals surface area contributed by atoms with Gasteiger partial charge < -0.3 is 10.1 Å². The first-order valence-corrected chi connectivity index (χ1v) is 8.62. The summed E-state index contributed by atoms with van der Waals surface area (Å²) in [5.41, 5.74) is 3.33. The molecule has 4 rings (SSSR count). The molecule has 0 fully saturated rings. The zero-order chi connectivity index (χ0) is 17.4. The highest BCUT2D eigenvalue weighted by atomic mass is 16.6. The number of anilines is 1. The summed E-state index contributed by atoms with van der Waals surface area (Å²) in [4.78, 5) is 10.8. The predicted molar refractivity (Wildman–Crippen MR) is 97.1 cm³/mol. The molecule has 0 aromatic heterocycles. The zero-order valence-corrected chi connectivity index (χ0v) is 14.0. The molecule has 0 radical (unpaired) electrons. The van der Waals surface area contributed by atoms with Gasteiger partial charge in [0.1, 0.15) is 5.75 Å². The molecular formula is C20H20N2O3. The second-order valence-electron chi connectivity index (χ2n) is 6.48. The lowest BCUT2D eigenvalue weighted by Crippen LogP contribution is -2.29. The molecule has 1 aliphatic heterocycles. The van der Waals surface area contributed by atoms with Crippen LogP contribution in [0.3, 0.4) is 0 Å². The lowest BCUT2D eigenvalue weighted by Gasteiger charge is -2.38. The van der Waals surface area contributed by atoms with Crippen LogP contribution in [0.25, 0.3) is 0 Å². The van der Waals surface area contributed by atoms with Crippen molar-refractivity contribution in [2.45, 2.75) is 25.3 Å². The summed E-state index contributed by atoms with van der Waals surface area (Å²) >= 11 is 0. The van der Waals surface area contributed by atoms with E-state index < -0.39 is 0 Å². The zero-order valence-electron chi connectivity index (χ0n) is 14.0. The molecule has 0 bridgehead atoms. The molecule has 3 atom stereocenters. The molecule has 5 nitrogen and oxygen atoms in total. The van der Waals surface area contributed by atoms with Gasteiger partial charge in [-0.25, -0.2) is 0 Å². The van der Waals surface area contributed by atoms with Crippen LogP contribution in [0.4, 0.5) is 11.4 Å². The Hall–Kier alpha value is -2.82. The van der Waals surface area contributed by atoms with E-state index in [4.69, 9.17) is 4.74 Å². The average Bonchev–Trinajstić information content (AvgIpc) is 3.12. The van der Waals surface area contributed by atoms with Crippen LogP contribution in [0, 0.1) is 16.0 Å². The van der Waals surface area contributed by atoms with Crippen molar-refractivity contribution >= 4 is 11.4 Å². The summed E-state index contributed by atoms with van der Waals surface area (Å²) in [7, 11) is 0. The fraction of sp³-hybridized carbons (Fsp3) is 0.300. The lowest BCUT2D eigenvalue weighted by atomic mass is 9.77. The van der Waals surface area contributed by atoms with E-state index in [-0.39, 0.29) is 16.7 Å². The first-order chi connectivity index (χ1) is 12.2. The number of nitro groups is 1. The van der Waals surface area contributed by atoms with Gasteiger partial charge in [-0.1, -0.05) is 36.4 Å². The number of fused-ring (bicyclic) bond motifs is 3. The third kappa shape index (κ3) is 2.65. The quantitative estimate of drug-likeness (QED) is 0.494. The molecule has 0 saturated carbocycles. The number of para-hydroxylation sites is 1. The van der Waals surface area contributed by atoms with Gasteiger partial charge in [-0.05, 0) is 36.5 Å². The van der Waals surface area contributed by atoms with Crippen LogP contribution in [0.2, 0.25) is 0 Å². The Morgan fingerprint density at radius 1 is 1.28 bits per heavy atom. The summed E-state index contributed by atoms with van der Waals surface area (Å²) in [6.07, 6.45) is 5.43. The summed E-state index contributed by atoms with van der Waals surface area (Å²) in [6.45, 7) is 2.57. The van der Waals surface area contributed by atoms with E-state index in [1.807, 2.05) is 25.1 Å². The number of hydrogen-bond acceptors (Lipinski definition) is 4. The second kappa shape index (κ2) is 6.24. The van der Waals surface area contributed by atoms with E-state index >= 15 is 0 Å². The third-order valence-electron chi connectivity index (χ3n) is 5.10. The lowest BCUT2D eigenvalue weighted by molar-refractivity contribution is -0.384. The van der Waals surface area contributed by atoms with Crippen LogP contribution in [-0.4, -0.2) is 11.5 Å². The number of nitrogens with one attached hydrogen (secondary N) is 1. The summed E-state index contributed by atoms with van der Waals surface area (Å²) in [5.74, 6) is 1.50. The summed E-state index contributed by atoms with van der Waals surface area (Å²) < 4.78 is 5.80. The van der Waals surface area contributed by atoms with Crippen molar-refractivity contribution in [1.82, 2.24) is 0 Å². The fourth-order valence-corrected chi connectivity index (χ4v) is 4.03. The number of nitrogens with zero attached hydrogens (tertiary/aromatic N) is 1. The van der Waals surface area contributed by atoms with E-state index in [9.17, 15) is 10.1 Å². The van der Waals surface area contributed by atoms with Crippen LogP contribution >= 0.6 is 0 Å². The van der Waals surface area contributed by atoms with Gasteiger partial charge in [0.05, 0.1) is 23.3 Å². The van der Waals surface area contributed by atoms with Crippen molar-refractivity contribution in [2.24, 2.45) is 5.92 Å². The van der Waals surface area contributed by atoms with Crippen LogP contribution < -0.4 is 10.1 Å². The second-order valence-corrected chi connectivity index (χ2v) is 6.48. The Bertz CT molecular complexity index is 847. The molecular weight excluding hydrogens is 316 g/mol. The maximum absolute atomic E-state index is 11.2. The van der Waals surface area contributed by atoms with Crippen LogP contribution in [0.5, 0.6) is 5.75 Å². The Morgan fingerprint density at radius 2 is 2.12 bits per heavy atom. The van der Waals surface area contributed by atoms with Crippen molar-refractivity contribution in [3.63, 3.8) is 0 Å². The van der Waals surface area contributed by atoms with Gasteiger partial charge in [0, 0.05) is 18.1 Å². The molecule has 0 unspecified atom stereocenters. The Labute approximate surface area is 146 Å². The molecule has 5 heteroatoms. The average molecular weight is 336 g/mol. The van der Waals surface area contributed by atoms with Gasteiger partial charge in [-0.3, -0.25) is 10.1 Å². The van der Waals surface area contributed by atoms with Gasteiger partial charge in [0.2, 0.25) is 0 Å². The van der Waals surface area contributed by atoms with Crippen LogP contribution in [0.15, 0.2) is 54.6 Å². The minimum absolute atomic E-state index is 0.0222. The summed E-state index contributed by atoms with van der Waals surface area (Å²) in [6, 6.07) is 13.1. The Kier molecular flexibility index (Phi) is 3.92. The largest absolute Gasteiger partial charge is 0.492 e. The molecule has 2 aromatic carbocycles. The van der Waals surface area contributed by atoms with Gasteiger partial charge >= 0.3 is 0 Å². The van der Waals surface area contributed by atoms with E-state index in [0.29, 0.717) is 18.4 Å². The molecule has 25 heavy (non-hydrogen) atoms. The highest BCUT2D eigenvalue weighted by Gasteiger charge is 2.39. The van der Waals surface area contributed by atoms with E-state index in [0.717, 1.165) is 23.4 Å². The van der Waals surface area contributed by atoms with Crippen molar-refractivity contribution in [2.75, 3.05) is 11.9 Å². The molecule has 0 amide bonds. The Balaban J connectivity index is 1.79. The highest BCUT2D eigenvalue weighted by molar-refractivity contribution is 5.67. The number of non-ortho nitro benzene ring substituents is 1. The first kappa shape index (κ1) is 15.7. The minimum atomic E-state index is -0.337. The Morgan fingerprint density at radius 3 is 2.92 bits per heavy atom. The van der Waals surface area contributed by atoms with Crippen molar-refractivity contribution in [3.8, 4) is 5.75 Å². The highest BCUT2D eigenvalue weighted by Crippen LogP contribution is 2.52. The van der Waals surface area contributed by atoms with E-state index in [1.165, 1.54) is 11.6 Å². The normalized spacial score (nSPS) is 23.5. The minimum Gasteiger partial charge on any atom is -0.492 e. The monoisotopic (exact) mass is 336 g/mol. The summed E-state index contributed by atoms with van der Waals surface area (Å²) in [5, 5.41) is 14.8. The number of ether oxygens (including phenoxy) is 1. The van der Waals surface area contributed by atoms with Gasteiger partial charge in [0.15, 0.2) is 0 Å². The molecule has 128 valence electrons. The van der Waals surface area contributed by atoms with Crippen molar-refractivity contribution in [3.05, 3.63) is 75.9 Å². The van der Waals surface area contributed by atoms with Crippen LogP contribution in [-0.2, 0) is 0 Å².